The molecule has 190 valence electrons. The van der Waals surface area contributed by atoms with Crippen molar-refractivity contribution in [3.63, 3.8) is 0 Å². The van der Waals surface area contributed by atoms with E-state index in [-0.39, 0.29) is 24.2 Å². The zero-order chi connectivity index (χ0) is 30.4. The quantitative estimate of drug-likeness (QED) is 0.204. The van der Waals surface area contributed by atoms with Gasteiger partial charge in [0, 0.05) is 10.9 Å². The number of rotatable bonds is 2. The summed E-state index contributed by atoms with van der Waals surface area (Å²) in [5.74, 6) is 1.58. The van der Waals surface area contributed by atoms with E-state index in [4.69, 9.17) is 7.48 Å². The molecule has 0 N–H and O–H groups in total. The molecule has 1 aliphatic heterocycles. The van der Waals surface area contributed by atoms with E-state index in [9.17, 15) is 2.74 Å². The van der Waals surface area contributed by atoms with Crippen molar-refractivity contribution < 1.29 is 10.2 Å². The first kappa shape index (κ1) is 18.8. The van der Waals surface area contributed by atoms with Crippen LogP contribution in [0.1, 0.15) is 5.48 Å². The van der Waals surface area contributed by atoms with Crippen molar-refractivity contribution in [2.75, 3.05) is 0 Å². The Labute approximate surface area is 243 Å². The second-order valence-corrected chi connectivity index (χ2v) is 10.5. The van der Waals surface area contributed by atoms with Crippen LogP contribution in [0, 0.1) is 0 Å². The molecular formula is C40H24O. The summed E-state index contributed by atoms with van der Waals surface area (Å²) in [5, 5.41) is 7.04. The van der Waals surface area contributed by atoms with Crippen LogP contribution in [0.5, 0.6) is 11.5 Å². The fourth-order valence-corrected chi connectivity index (χ4v) is 6.60. The van der Waals surface area contributed by atoms with Crippen molar-refractivity contribution >= 4 is 43.1 Å². The van der Waals surface area contributed by atoms with Crippen molar-refractivity contribution in [1.82, 2.24) is 0 Å². The summed E-state index contributed by atoms with van der Waals surface area (Å²) >= 11 is 0. The van der Waals surface area contributed by atoms with E-state index in [1.165, 1.54) is 0 Å². The minimum atomic E-state index is -0.242. The highest BCUT2D eigenvalue weighted by Gasteiger charge is 2.23. The molecule has 0 spiro atoms. The molecule has 1 heteroatoms. The van der Waals surface area contributed by atoms with Crippen molar-refractivity contribution in [1.29, 1.82) is 0 Å². The third-order valence-electron chi connectivity index (χ3n) is 8.36. The van der Waals surface area contributed by atoms with Gasteiger partial charge >= 0.3 is 0 Å². The smallest absolute Gasteiger partial charge is 0.135 e. The topological polar surface area (TPSA) is 9.23 Å². The normalized spacial score (nSPS) is 13.5. The highest BCUT2D eigenvalue weighted by Crippen LogP contribution is 2.51. The van der Waals surface area contributed by atoms with Crippen molar-refractivity contribution in [3.8, 4) is 44.9 Å². The first-order valence-corrected chi connectivity index (χ1v) is 13.8. The highest BCUT2D eigenvalue weighted by molar-refractivity contribution is 6.24. The average molecular weight is 525 g/mol. The molecule has 0 atom stereocenters. The molecule has 8 aromatic rings. The Hall–Kier alpha value is -5.40. The Balaban J connectivity index is 1.47. The maximum absolute atomic E-state index is 9.30. The fraction of sp³-hybridized carbons (Fsp3) is 0. The lowest BCUT2D eigenvalue weighted by molar-refractivity contribution is 0.487. The van der Waals surface area contributed by atoms with Gasteiger partial charge < -0.3 is 4.74 Å². The lowest BCUT2D eigenvalue weighted by Gasteiger charge is -2.24. The molecular weight excluding hydrogens is 496 g/mol. The number of para-hydroxylation sites is 1. The summed E-state index contributed by atoms with van der Waals surface area (Å²) in [6, 6.07) is 40.3. The van der Waals surface area contributed by atoms with Gasteiger partial charge in [-0.1, -0.05) is 121 Å². The lowest BCUT2D eigenvalue weighted by Crippen LogP contribution is -1.98. The van der Waals surface area contributed by atoms with E-state index < -0.39 is 0 Å². The number of ether oxygens (including phenoxy) is 1. The van der Waals surface area contributed by atoms with Gasteiger partial charge in [-0.05, 0) is 89.8 Å². The van der Waals surface area contributed by atoms with Gasteiger partial charge in [-0.15, -0.1) is 0 Å². The summed E-state index contributed by atoms with van der Waals surface area (Å²) in [6.07, 6.45) is 0. The van der Waals surface area contributed by atoms with Gasteiger partial charge in [0.25, 0.3) is 0 Å². The van der Waals surface area contributed by atoms with Crippen LogP contribution in [0.15, 0.2) is 145 Å². The zero-order valence-corrected chi connectivity index (χ0v) is 22.0. The summed E-state index contributed by atoms with van der Waals surface area (Å²) in [7, 11) is 0. The molecule has 1 nitrogen and oxygen atoms in total. The fourth-order valence-electron chi connectivity index (χ4n) is 6.60. The van der Waals surface area contributed by atoms with Crippen LogP contribution in [0.4, 0.5) is 0 Å². The van der Waals surface area contributed by atoms with Crippen LogP contribution in [0.2, 0.25) is 0 Å². The maximum Gasteiger partial charge on any atom is 0.135 e. The van der Waals surface area contributed by atoms with Crippen LogP contribution in [-0.4, -0.2) is 0 Å². The van der Waals surface area contributed by atoms with Crippen LogP contribution >= 0.6 is 0 Å². The molecule has 0 aromatic heterocycles. The SMILES string of the molecule is [2H]c1c([2H])c([2H])c2c(-c3ccc4c5c(cccc35)-c3ccccc3O4)c3ccccc3c(-c3ccc4ccccc4c3)c2c1[2H]. The van der Waals surface area contributed by atoms with E-state index in [1.54, 1.807) is 0 Å². The monoisotopic (exact) mass is 524 g/mol. The number of fused-ring (bicyclic) bond motifs is 5. The predicted octanol–water partition coefficient (Wildman–Crippen LogP) is 11.4. The van der Waals surface area contributed by atoms with Crippen LogP contribution < -0.4 is 4.74 Å². The average Bonchev–Trinajstić information content (AvgIpc) is 3.09. The molecule has 8 aromatic carbocycles. The molecule has 0 radical (unpaired) electrons. The van der Waals surface area contributed by atoms with E-state index in [0.717, 1.165) is 77.2 Å². The summed E-state index contributed by atoms with van der Waals surface area (Å²) in [5.41, 5.74) is 5.51. The first-order chi connectivity index (χ1) is 22.0. The van der Waals surface area contributed by atoms with E-state index in [2.05, 4.69) is 66.7 Å². The standard InChI is InChI=1S/C40H24O/c1-2-11-26-24-27(21-20-25(26)10-1)38-30-13-3-5-15-32(30)39(33-16-6-4-14-31(33)38)35-22-23-37-40-29(17-9-18-34(35)40)28-12-7-8-19-36(28)41-37/h1-24H/i3D,5D,13D,15D. The van der Waals surface area contributed by atoms with Gasteiger partial charge in [-0.2, -0.15) is 0 Å². The highest BCUT2D eigenvalue weighted by atomic mass is 16.5. The summed E-state index contributed by atoms with van der Waals surface area (Å²) < 4.78 is 42.4. The van der Waals surface area contributed by atoms with E-state index in [1.807, 2.05) is 54.6 Å². The van der Waals surface area contributed by atoms with Gasteiger partial charge in [0.15, 0.2) is 0 Å². The Morgan fingerprint density at radius 2 is 1.12 bits per heavy atom. The third-order valence-corrected chi connectivity index (χ3v) is 8.36. The molecule has 1 heterocycles. The van der Waals surface area contributed by atoms with Gasteiger partial charge in [0.1, 0.15) is 11.5 Å². The third kappa shape index (κ3) is 3.24. The molecule has 41 heavy (non-hydrogen) atoms. The molecule has 9 rings (SSSR count). The number of hydrogen-bond donors (Lipinski definition) is 0. The van der Waals surface area contributed by atoms with Gasteiger partial charge in [0.05, 0.1) is 5.48 Å². The Bertz CT molecular complexity index is 2570. The molecule has 0 unspecified atom stereocenters. The first-order valence-electron chi connectivity index (χ1n) is 15.8. The molecule has 0 amide bonds. The van der Waals surface area contributed by atoms with Crippen LogP contribution in [-0.2, 0) is 0 Å². The number of benzene rings is 8. The minimum absolute atomic E-state index is 0.0406. The van der Waals surface area contributed by atoms with Gasteiger partial charge in [-0.25, -0.2) is 0 Å². The van der Waals surface area contributed by atoms with Crippen molar-refractivity contribution in [2.24, 2.45) is 0 Å². The van der Waals surface area contributed by atoms with Gasteiger partial charge in [-0.3, -0.25) is 0 Å². The molecule has 0 fully saturated rings. The lowest BCUT2D eigenvalue weighted by atomic mass is 9.83. The Morgan fingerprint density at radius 1 is 0.439 bits per heavy atom. The molecule has 0 bridgehead atoms. The molecule has 0 saturated heterocycles. The number of hydrogen-bond acceptors (Lipinski definition) is 1. The van der Waals surface area contributed by atoms with Crippen LogP contribution in [0.25, 0.3) is 76.5 Å². The summed E-state index contributed by atoms with van der Waals surface area (Å²) in [4.78, 5) is 0. The zero-order valence-electron chi connectivity index (χ0n) is 26.0. The molecule has 0 aliphatic carbocycles. The van der Waals surface area contributed by atoms with E-state index >= 15 is 0 Å². The Morgan fingerprint density at radius 3 is 2.00 bits per heavy atom. The second-order valence-electron chi connectivity index (χ2n) is 10.5. The largest absolute Gasteiger partial charge is 0.456 e. The maximum atomic E-state index is 9.30. The van der Waals surface area contributed by atoms with Crippen molar-refractivity contribution in [2.45, 2.75) is 0 Å². The second kappa shape index (κ2) is 8.55. The van der Waals surface area contributed by atoms with Crippen LogP contribution in [0.3, 0.4) is 0 Å². The van der Waals surface area contributed by atoms with Gasteiger partial charge in [0.2, 0.25) is 0 Å². The minimum Gasteiger partial charge on any atom is -0.456 e. The molecule has 1 aliphatic rings. The Kier molecular flexibility index (Phi) is 3.92. The summed E-state index contributed by atoms with van der Waals surface area (Å²) in [6.45, 7) is 0. The predicted molar refractivity (Wildman–Crippen MR) is 173 cm³/mol. The molecule has 0 saturated carbocycles. The van der Waals surface area contributed by atoms with Crippen molar-refractivity contribution in [3.05, 3.63) is 145 Å². The van der Waals surface area contributed by atoms with E-state index in [0.29, 0.717) is 10.8 Å².